The first-order valence-corrected chi connectivity index (χ1v) is 9.46. The molecule has 0 aromatic carbocycles. The Kier molecular flexibility index (Phi) is 4.58. The van der Waals surface area contributed by atoms with Gasteiger partial charge in [0.25, 0.3) is 5.91 Å². The largest absolute Gasteiger partial charge is 0.337 e. The zero-order valence-corrected chi connectivity index (χ0v) is 14.9. The Balaban J connectivity index is 1.58. The molecule has 2 aromatic rings. The molecule has 1 amide bonds. The number of amides is 1. The Labute approximate surface area is 150 Å². The van der Waals surface area contributed by atoms with Gasteiger partial charge in [-0.2, -0.15) is 0 Å². The number of carbonyl (C=O) groups is 1. The molecule has 2 N–H and O–H groups in total. The number of imidazole rings is 1. The summed E-state index contributed by atoms with van der Waals surface area (Å²) in [7, 11) is 1.96. The van der Waals surface area contributed by atoms with Crippen LogP contribution < -0.4 is 10.2 Å². The number of carbonyl (C=O) groups excluding carboxylic acids is 1. The summed E-state index contributed by atoms with van der Waals surface area (Å²) in [5.41, 5.74) is 1.43. The molecule has 4 heterocycles. The summed E-state index contributed by atoms with van der Waals surface area (Å²) in [5, 5.41) is 3.28. The highest BCUT2D eigenvalue weighted by molar-refractivity contribution is 8.04. The number of nitrogens with one attached hydrogen (secondary N) is 2. The fourth-order valence-electron chi connectivity index (χ4n) is 3.30. The van der Waals surface area contributed by atoms with Crippen LogP contribution in [0.15, 0.2) is 23.8 Å². The lowest BCUT2D eigenvalue weighted by atomic mass is 10.1. The van der Waals surface area contributed by atoms with Crippen LogP contribution in [0.4, 0.5) is 5.82 Å². The summed E-state index contributed by atoms with van der Waals surface area (Å²) < 4.78 is 0. The number of hydrogen-bond acceptors (Lipinski definition) is 7. The molecule has 9 heteroatoms. The van der Waals surface area contributed by atoms with E-state index in [1.807, 2.05) is 23.0 Å². The molecule has 1 fully saturated rings. The number of likely N-dealkylation sites (N-methyl/N-ethyl adjacent to an activating group) is 1. The van der Waals surface area contributed by atoms with Crippen LogP contribution in [0, 0.1) is 0 Å². The maximum Gasteiger partial charge on any atom is 0.261 e. The topological polar surface area (TPSA) is 90.0 Å². The normalized spacial score (nSPS) is 21.5. The van der Waals surface area contributed by atoms with Gasteiger partial charge in [-0.3, -0.25) is 4.79 Å². The van der Waals surface area contributed by atoms with Crippen LogP contribution in [0.2, 0.25) is 0 Å². The lowest BCUT2D eigenvalue weighted by molar-refractivity contribution is -0.127. The van der Waals surface area contributed by atoms with Crippen LogP contribution in [-0.2, 0) is 4.79 Å². The molecule has 2 aromatic heterocycles. The molecular formula is C16H21N7OS. The molecule has 0 unspecified atom stereocenters. The van der Waals surface area contributed by atoms with E-state index in [1.165, 1.54) is 6.33 Å². The molecule has 1 saturated heterocycles. The summed E-state index contributed by atoms with van der Waals surface area (Å²) in [4.78, 5) is 33.5. The monoisotopic (exact) mass is 359 g/mol. The number of likely N-dealkylation sites (tertiary alicyclic amines) is 1. The number of rotatable bonds is 3. The first-order chi connectivity index (χ1) is 12.3. The molecule has 25 heavy (non-hydrogen) atoms. The van der Waals surface area contributed by atoms with Crippen molar-refractivity contribution < 1.29 is 4.79 Å². The van der Waals surface area contributed by atoms with Crippen LogP contribution in [-0.4, -0.2) is 69.2 Å². The van der Waals surface area contributed by atoms with E-state index >= 15 is 0 Å². The molecule has 2 aliphatic rings. The zero-order chi connectivity index (χ0) is 17.2. The minimum absolute atomic E-state index is 0.113. The maximum absolute atomic E-state index is 12.9. The van der Waals surface area contributed by atoms with Crippen molar-refractivity contribution in [3.05, 3.63) is 23.8 Å². The van der Waals surface area contributed by atoms with E-state index in [1.54, 1.807) is 18.1 Å². The number of aromatic nitrogens is 4. The highest BCUT2D eigenvalue weighted by Crippen LogP contribution is 2.29. The fourth-order valence-corrected chi connectivity index (χ4v) is 4.26. The van der Waals surface area contributed by atoms with Crippen molar-refractivity contribution in [2.75, 3.05) is 37.3 Å². The smallest absolute Gasteiger partial charge is 0.261 e. The van der Waals surface area contributed by atoms with Gasteiger partial charge < -0.3 is 20.1 Å². The van der Waals surface area contributed by atoms with E-state index in [0.29, 0.717) is 11.7 Å². The standard InChI is InChI=1S/C16H21N7OS/c1-17-11-3-2-4-23(7-11)16(24)12-8-22(5-6-25-12)15-13-14(19-9-18-13)20-10-21-15/h8-11,17H,2-7H2,1H3,(H,18,19,20,21)/t11-/m0/s1. The van der Waals surface area contributed by atoms with Crippen molar-refractivity contribution in [3.8, 4) is 0 Å². The first kappa shape index (κ1) is 16.3. The number of H-pyrrole nitrogens is 1. The van der Waals surface area contributed by atoms with E-state index < -0.39 is 0 Å². The van der Waals surface area contributed by atoms with Gasteiger partial charge in [0.1, 0.15) is 6.33 Å². The molecule has 4 rings (SSSR count). The highest BCUT2D eigenvalue weighted by Gasteiger charge is 2.28. The third kappa shape index (κ3) is 3.21. The molecule has 1 atom stereocenters. The van der Waals surface area contributed by atoms with E-state index in [2.05, 4.69) is 25.3 Å². The predicted molar refractivity (Wildman–Crippen MR) is 98.2 cm³/mol. The average Bonchev–Trinajstić information content (AvgIpc) is 3.16. The van der Waals surface area contributed by atoms with Crippen LogP contribution >= 0.6 is 11.8 Å². The second kappa shape index (κ2) is 7.01. The molecule has 0 bridgehead atoms. The Morgan fingerprint density at radius 1 is 1.36 bits per heavy atom. The Morgan fingerprint density at radius 3 is 3.16 bits per heavy atom. The SMILES string of the molecule is CN[C@H]1CCCN(C(=O)C2=CN(c3ncnc4[nH]cnc34)CCS2)C1. The molecule has 0 spiro atoms. The minimum atomic E-state index is 0.113. The second-order valence-electron chi connectivity index (χ2n) is 6.21. The van der Waals surface area contributed by atoms with Gasteiger partial charge in [0, 0.05) is 37.6 Å². The van der Waals surface area contributed by atoms with Gasteiger partial charge in [-0.05, 0) is 19.9 Å². The summed E-state index contributed by atoms with van der Waals surface area (Å²) in [6.07, 6.45) is 7.21. The van der Waals surface area contributed by atoms with Gasteiger partial charge in [0.05, 0.1) is 11.2 Å². The molecule has 8 nitrogen and oxygen atoms in total. The second-order valence-corrected chi connectivity index (χ2v) is 7.35. The van der Waals surface area contributed by atoms with Crippen molar-refractivity contribution in [2.24, 2.45) is 0 Å². The van der Waals surface area contributed by atoms with Gasteiger partial charge in [-0.25, -0.2) is 15.0 Å². The zero-order valence-electron chi connectivity index (χ0n) is 14.1. The number of anilines is 1. The molecule has 2 aliphatic heterocycles. The summed E-state index contributed by atoms with van der Waals surface area (Å²) in [6, 6.07) is 0.383. The average molecular weight is 359 g/mol. The number of nitrogens with zero attached hydrogens (tertiary/aromatic N) is 5. The van der Waals surface area contributed by atoms with Crippen LogP contribution in [0.5, 0.6) is 0 Å². The third-order valence-corrected chi connectivity index (χ3v) is 5.64. The van der Waals surface area contributed by atoms with E-state index in [9.17, 15) is 4.79 Å². The number of piperidine rings is 1. The summed E-state index contributed by atoms with van der Waals surface area (Å²) in [6.45, 7) is 2.38. The first-order valence-electron chi connectivity index (χ1n) is 8.48. The Bertz CT molecular complexity index is 805. The van der Waals surface area contributed by atoms with Crippen molar-refractivity contribution >= 4 is 34.7 Å². The highest BCUT2D eigenvalue weighted by atomic mass is 32.2. The molecule has 0 radical (unpaired) electrons. The molecule has 132 valence electrons. The third-order valence-electron chi connectivity index (χ3n) is 4.66. The lowest BCUT2D eigenvalue weighted by Gasteiger charge is -2.34. The van der Waals surface area contributed by atoms with Gasteiger partial charge in [0.2, 0.25) is 0 Å². The van der Waals surface area contributed by atoms with Gasteiger partial charge >= 0.3 is 0 Å². The predicted octanol–water partition coefficient (Wildman–Crippen LogP) is 0.958. The number of fused-ring (bicyclic) bond motifs is 1. The molecule has 0 aliphatic carbocycles. The van der Waals surface area contributed by atoms with Crippen LogP contribution in [0.1, 0.15) is 12.8 Å². The summed E-state index contributed by atoms with van der Waals surface area (Å²) >= 11 is 1.62. The van der Waals surface area contributed by atoms with Crippen LogP contribution in [0.25, 0.3) is 11.2 Å². The van der Waals surface area contributed by atoms with Crippen molar-refractivity contribution in [2.45, 2.75) is 18.9 Å². The Morgan fingerprint density at radius 2 is 2.28 bits per heavy atom. The minimum Gasteiger partial charge on any atom is -0.337 e. The quantitative estimate of drug-likeness (QED) is 0.843. The lowest BCUT2D eigenvalue weighted by Crippen LogP contribution is -2.47. The summed E-state index contributed by atoms with van der Waals surface area (Å²) in [5.74, 6) is 1.70. The number of thioether (sulfide) groups is 1. The molecular weight excluding hydrogens is 338 g/mol. The number of aromatic amines is 1. The van der Waals surface area contributed by atoms with Crippen LogP contribution in [0.3, 0.4) is 0 Å². The van der Waals surface area contributed by atoms with E-state index in [0.717, 1.165) is 54.5 Å². The van der Waals surface area contributed by atoms with Crippen molar-refractivity contribution in [1.29, 1.82) is 0 Å². The Hall–Kier alpha value is -2.13. The van der Waals surface area contributed by atoms with Gasteiger partial charge in [0.15, 0.2) is 17.0 Å². The van der Waals surface area contributed by atoms with Crippen molar-refractivity contribution in [1.82, 2.24) is 30.2 Å². The molecule has 0 saturated carbocycles. The van der Waals surface area contributed by atoms with E-state index in [4.69, 9.17) is 0 Å². The number of hydrogen-bond donors (Lipinski definition) is 2. The maximum atomic E-state index is 12.9. The van der Waals surface area contributed by atoms with Gasteiger partial charge in [-0.15, -0.1) is 11.8 Å². The van der Waals surface area contributed by atoms with Gasteiger partial charge in [-0.1, -0.05) is 0 Å². The van der Waals surface area contributed by atoms with E-state index in [-0.39, 0.29) is 5.91 Å². The fraction of sp³-hybridized carbons (Fsp3) is 0.500. The van der Waals surface area contributed by atoms with Crippen molar-refractivity contribution in [3.63, 3.8) is 0 Å².